The van der Waals surface area contributed by atoms with E-state index >= 15 is 0 Å². The number of hydrogen-bond acceptors (Lipinski definition) is 5. The smallest absolute Gasteiger partial charge is 0.256 e. The molecule has 4 N–H and O–H groups in total. The van der Waals surface area contributed by atoms with Gasteiger partial charge < -0.3 is 25.4 Å². The van der Waals surface area contributed by atoms with Crippen molar-refractivity contribution in [2.45, 2.75) is 89.4 Å². The second kappa shape index (κ2) is 14.1. The van der Waals surface area contributed by atoms with E-state index in [0.717, 1.165) is 51.4 Å². The summed E-state index contributed by atoms with van der Waals surface area (Å²) in [6.45, 7) is 4.58. The van der Waals surface area contributed by atoms with Crippen molar-refractivity contribution in [3.63, 3.8) is 0 Å². The molecule has 1 aliphatic rings. The molecule has 0 amide bonds. The van der Waals surface area contributed by atoms with Crippen LogP contribution in [0.5, 0.6) is 0 Å². The Labute approximate surface area is 182 Å². The van der Waals surface area contributed by atoms with Gasteiger partial charge in [0.15, 0.2) is 0 Å². The summed E-state index contributed by atoms with van der Waals surface area (Å²) in [5.41, 5.74) is -0.861. The maximum atomic E-state index is 10.5. The zero-order valence-corrected chi connectivity index (χ0v) is 19.2. The highest BCUT2D eigenvalue weighted by atomic mass is 32.1. The first-order chi connectivity index (χ1) is 13.8. The van der Waals surface area contributed by atoms with Gasteiger partial charge in [-0.3, -0.25) is 0 Å². The highest BCUT2D eigenvalue weighted by Gasteiger charge is 2.39. The van der Waals surface area contributed by atoms with Crippen molar-refractivity contribution in [3.8, 4) is 0 Å². The van der Waals surface area contributed by atoms with Crippen molar-refractivity contribution in [2.75, 3.05) is 13.7 Å². The van der Waals surface area contributed by atoms with Gasteiger partial charge in [-0.1, -0.05) is 50.5 Å². The molecule has 0 spiro atoms. The Kier molecular flexibility index (Phi) is 12.7. The molecule has 5 nitrogen and oxygen atoms in total. The molecule has 0 radical (unpaired) electrons. The number of ether oxygens (including phenoxy) is 1. The van der Waals surface area contributed by atoms with Crippen LogP contribution in [0.2, 0.25) is 0 Å². The van der Waals surface area contributed by atoms with Gasteiger partial charge in [0.05, 0.1) is 24.4 Å². The summed E-state index contributed by atoms with van der Waals surface area (Å²) >= 11 is 4.93. The van der Waals surface area contributed by atoms with Crippen molar-refractivity contribution in [2.24, 2.45) is 11.8 Å². The van der Waals surface area contributed by atoms with Gasteiger partial charge in [0.2, 0.25) is 0 Å². The third-order valence-electron chi connectivity index (χ3n) is 5.66. The molecular weight excluding hydrogens is 386 g/mol. The van der Waals surface area contributed by atoms with Crippen molar-refractivity contribution >= 4 is 17.4 Å². The molecule has 0 aromatic heterocycles. The summed E-state index contributed by atoms with van der Waals surface area (Å²) in [7, 11) is 1.75. The van der Waals surface area contributed by atoms with Gasteiger partial charge in [-0.15, -0.1) is 0 Å². The second-order valence-corrected chi connectivity index (χ2v) is 8.74. The van der Waals surface area contributed by atoms with Crippen molar-refractivity contribution in [3.05, 3.63) is 24.3 Å². The van der Waals surface area contributed by atoms with Crippen LogP contribution >= 0.6 is 12.2 Å². The van der Waals surface area contributed by atoms with Crippen LogP contribution in [-0.4, -0.2) is 52.0 Å². The van der Waals surface area contributed by atoms with Crippen LogP contribution in [0, 0.1) is 11.8 Å². The summed E-state index contributed by atoms with van der Waals surface area (Å²) in [6, 6.07) is 0. The first kappa shape index (κ1) is 26.1. The quantitative estimate of drug-likeness (QED) is 0.203. The van der Waals surface area contributed by atoms with E-state index in [1.807, 2.05) is 19.1 Å². The SMILES string of the molecule is CCCCC[C@](C)(O)/C=C/[C@@H]1[C@@H](C/C=C\CCCCOC(=S)NC)[C@@H](O)C[C@H]1O. The van der Waals surface area contributed by atoms with Gasteiger partial charge in [-0.2, -0.15) is 0 Å². The molecule has 0 unspecified atom stereocenters. The minimum absolute atomic E-state index is 0.0136. The van der Waals surface area contributed by atoms with E-state index in [-0.39, 0.29) is 11.8 Å². The predicted octanol–water partition coefficient (Wildman–Crippen LogP) is 3.87. The largest absolute Gasteiger partial charge is 0.471 e. The van der Waals surface area contributed by atoms with Crippen LogP contribution in [0.4, 0.5) is 0 Å². The minimum atomic E-state index is -0.861. The van der Waals surface area contributed by atoms with Gasteiger partial charge in [0.25, 0.3) is 5.17 Å². The van der Waals surface area contributed by atoms with E-state index in [9.17, 15) is 15.3 Å². The summed E-state index contributed by atoms with van der Waals surface area (Å²) in [5, 5.41) is 34.5. The van der Waals surface area contributed by atoms with Crippen LogP contribution in [0.15, 0.2) is 24.3 Å². The van der Waals surface area contributed by atoms with Gasteiger partial charge in [-0.05, 0) is 57.2 Å². The van der Waals surface area contributed by atoms with E-state index in [4.69, 9.17) is 17.0 Å². The third kappa shape index (κ3) is 10.6. The molecule has 168 valence electrons. The Balaban J connectivity index is 2.43. The molecule has 29 heavy (non-hydrogen) atoms. The van der Waals surface area contributed by atoms with Gasteiger partial charge in [-0.25, -0.2) is 0 Å². The molecule has 0 aromatic rings. The zero-order valence-electron chi connectivity index (χ0n) is 18.3. The number of rotatable bonds is 13. The zero-order chi connectivity index (χ0) is 21.7. The molecular formula is C23H41NO4S. The van der Waals surface area contributed by atoms with Gasteiger partial charge >= 0.3 is 0 Å². The van der Waals surface area contributed by atoms with Crippen molar-refractivity contribution in [1.82, 2.24) is 5.32 Å². The first-order valence-electron chi connectivity index (χ1n) is 11.1. The second-order valence-electron chi connectivity index (χ2n) is 8.37. The monoisotopic (exact) mass is 427 g/mol. The van der Waals surface area contributed by atoms with Crippen LogP contribution in [-0.2, 0) is 4.74 Å². The standard InChI is InChI=1S/C23H41NO4S/c1-4-5-10-14-23(2,27)15-13-19-18(20(25)17-21(19)26)12-9-7-6-8-11-16-28-22(29)24-3/h7,9,13,15,18-21,25-27H,4-6,8,10-12,14,16-17H2,1-3H3,(H,24,29)/b9-7-,15-13+/t18-,19-,20+,21-,23+/m1/s1. The third-order valence-corrected chi connectivity index (χ3v) is 5.98. The summed E-state index contributed by atoms with van der Waals surface area (Å²) in [6.07, 6.45) is 14.9. The number of aliphatic hydroxyl groups excluding tert-OH is 2. The predicted molar refractivity (Wildman–Crippen MR) is 123 cm³/mol. The fourth-order valence-electron chi connectivity index (χ4n) is 3.81. The number of aliphatic hydroxyl groups is 3. The van der Waals surface area contributed by atoms with Crippen molar-refractivity contribution in [1.29, 1.82) is 0 Å². The normalized spacial score (nSPS) is 26.8. The first-order valence-corrected chi connectivity index (χ1v) is 11.5. The van der Waals surface area contributed by atoms with Crippen LogP contribution in [0.3, 0.4) is 0 Å². The number of allylic oxidation sites excluding steroid dienone is 2. The topological polar surface area (TPSA) is 82.0 Å². The van der Waals surface area contributed by atoms with Crippen LogP contribution < -0.4 is 5.32 Å². The molecule has 0 aromatic carbocycles. The number of nitrogens with one attached hydrogen (secondary N) is 1. The Hall–Kier alpha value is -0.950. The number of hydrogen-bond donors (Lipinski definition) is 4. The van der Waals surface area contributed by atoms with E-state index in [1.165, 1.54) is 0 Å². The maximum Gasteiger partial charge on any atom is 0.256 e. The lowest BCUT2D eigenvalue weighted by molar-refractivity contribution is 0.0954. The Morgan fingerprint density at radius 3 is 2.62 bits per heavy atom. The lowest BCUT2D eigenvalue weighted by atomic mass is 9.88. The van der Waals surface area contributed by atoms with Crippen LogP contribution in [0.25, 0.3) is 0 Å². The molecule has 6 heteroatoms. The molecule has 1 rings (SSSR count). The summed E-state index contributed by atoms with van der Waals surface area (Å²) < 4.78 is 5.31. The average Bonchev–Trinajstić information content (AvgIpc) is 2.94. The lowest BCUT2D eigenvalue weighted by Crippen LogP contribution is -2.24. The average molecular weight is 428 g/mol. The fourth-order valence-corrected chi connectivity index (χ4v) is 3.90. The molecule has 0 heterocycles. The molecule has 5 atom stereocenters. The lowest BCUT2D eigenvalue weighted by Gasteiger charge is -2.23. The van der Waals surface area contributed by atoms with Crippen LogP contribution in [0.1, 0.15) is 71.6 Å². The Morgan fingerprint density at radius 1 is 1.17 bits per heavy atom. The number of unbranched alkanes of at least 4 members (excludes halogenated alkanes) is 4. The highest BCUT2D eigenvalue weighted by Crippen LogP contribution is 2.37. The Bertz CT molecular complexity index is 521. The fraction of sp³-hybridized carbons (Fsp3) is 0.783. The molecule has 1 fully saturated rings. The van der Waals surface area contributed by atoms with E-state index in [1.54, 1.807) is 7.05 Å². The van der Waals surface area contributed by atoms with Crippen molar-refractivity contribution < 1.29 is 20.1 Å². The molecule has 1 saturated carbocycles. The minimum Gasteiger partial charge on any atom is -0.471 e. The highest BCUT2D eigenvalue weighted by molar-refractivity contribution is 7.80. The van der Waals surface area contributed by atoms with E-state index < -0.39 is 17.8 Å². The maximum absolute atomic E-state index is 10.5. The summed E-state index contributed by atoms with van der Waals surface area (Å²) in [5.74, 6) is -0.136. The van der Waals surface area contributed by atoms with Gasteiger partial charge in [0.1, 0.15) is 0 Å². The molecule has 0 saturated heterocycles. The molecule has 0 aliphatic heterocycles. The summed E-state index contributed by atoms with van der Waals surface area (Å²) in [4.78, 5) is 0. The van der Waals surface area contributed by atoms with E-state index in [2.05, 4.69) is 24.4 Å². The van der Waals surface area contributed by atoms with E-state index in [0.29, 0.717) is 18.2 Å². The Morgan fingerprint density at radius 2 is 1.93 bits per heavy atom. The van der Waals surface area contributed by atoms with Gasteiger partial charge in [0, 0.05) is 19.4 Å². The molecule has 1 aliphatic carbocycles. The molecule has 0 bridgehead atoms. The number of thiocarbonyl (C=S) groups is 1.